The van der Waals surface area contributed by atoms with E-state index in [0.29, 0.717) is 68.6 Å². The summed E-state index contributed by atoms with van der Waals surface area (Å²) in [5, 5.41) is 9.22. The van der Waals surface area contributed by atoms with Crippen molar-refractivity contribution in [2.45, 2.75) is 108 Å². The van der Waals surface area contributed by atoms with E-state index in [-0.39, 0.29) is 0 Å². The fourth-order valence-corrected chi connectivity index (χ4v) is 7.26. The van der Waals surface area contributed by atoms with Crippen LogP contribution in [0.25, 0.3) is 0 Å². The molecule has 10 nitrogen and oxygen atoms in total. The van der Waals surface area contributed by atoms with Gasteiger partial charge in [0.05, 0.1) is 31.5 Å². The first kappa shape index (κ1) is 62.5. The molecule has 0 aliphatic heterocycles. The van der Waals surface area contributed by atoms with E-state index >= 15 is 0 Å². The number of rotatable bonds is 28. The number of unbranched alkanes of at least 4 members (excludes halogenated alkanes) is 4. The second-order valence-corrected chi connectivity index (χ2v) is 16.8. The van der Waals surface area contributed by atoms with Crippen LogP contribution in [-0.4, -0.2) is 78.5 Å². The van der Waals surface area contributed by atoms with Gasteiger partial charge in [0.25, 0.3) is 0 Å². The third-order valence-electron chi connectivity index (χ3n) is 9.69. The Morgan fingerprint density at radius 3 is 1.38 bits per heavy atom. The van der Waals surface area contributed by atoms with Gasteiger partial charge in [-0.3, -0.25) is 0 Å². The van der Waals surface area contributed by atoms with E-state index in [1.807, 2.05) is 134 Å². The summed E-state index contributed by atoms with van der Waals surface area (Å²) in [5.41, 5.74) is 7.52. The van der Waals surface area contributed by atoms with Crippen molar-refractivity contribution in [3.05, 3.63) is 139 Å². The standard InChI is InChI=1S/C26H34BrNO4.C26H33Cl2NO4.2C2H6/c1-5-6-15-31-24-17-20(2)26(21(3)18-24)32-16-9-7-8-14-30-19-25(28-29-4)22-10-12-23(27)13-11-22;1-5-6-13-32-22-15-19(2)26(20(3)16-22)33-14-9-7-8-12-31-18-25(29-30-4)23-11-10-21(27)17-24(23)28;2*1-2/h5-6,10-13,17-18H,7-9,14-16,19H2,1-4H3;5-6,10-11,15-17H,7-9,12-14,18H2,1-4H3;2*1-2H3/b6-5+,28-25+;6-5+,29-25+;;. The lowest BCUT2D eigenvalue weighted by atomic mass is 10.1. The van der Waals surface area contributed by atoms with Crippen LogP contribution in [0.15, 0.2) is 106 Å². The molecule has 0 heterocycles. The average Bonchev–Trinajstić information content (AvgIpc) is 3.33. The molecular formula is C56H79BrCl2N2O8. The van der Waals surface area contributed by atoms with Gasteiger partial charge in [0.2, 0.25) is 0 Å². The molecule has 0 spiro atoms. The number of ether oxygens (including phenoxy) is 6. The molecule has 0 fully saturated rings. The lowest BCUT2D eigenvalue weighted by molar-refractivity contribution is 0.157. The monoisotopic (exact) mass is 1060 g/mol. The van der Waals surface area contributed by atoms with E-state index in [9.17, 15) is 0 Å². The van der Waals surface area contributed by atoms with Gasteiger partial charge in [-0.15, -0.1) is 0 Å². The van der Waals surface area contributed by atoms with Crippen LogP contribution in [-0.2, 0) is 19.1 Å². The molecule has 13 heteroatoms. The van der Waals surface area contributed by atoms with E-state index in [1.165, 1.54) is 7.11 Å². The number of allylic oxidation sites excluding steroid dienone is 2. The van der Waals surface area contributed by atoms with Crippen LogP contribution >= 0.6 is 39.1 Å². The highest BCUT2D eigenvalue weighted by Crippen LogP contribution is 2.30. The number of nitrogens with zero attached hydrogens (tertiary/aromatic N) is 2. The molecule has 0 saturated heterocycles. The Kier molecular flexibility index (Phi) is 35.5. The molecule has 0 radical (unpaired) electrons. The van der Waals surface area contributed by atoms with Gasteiger partial charge in [0.1, 0.15) is 61.9 Å². The third kappa shape index (κ3) is 25.8. The fraction of sp³-hybridized carbons (Fsp3) is 0.464. The van der Waals surface area contributed by atoms with Crippen molar-refractivity contribution >= 4 is 50.6 Å². The van der Waals surface area contributed by atoms with E-state index in [1.54, 1.807) is 19.2 Å². The molecule has 0 unspecified atom stereocenters. The van der Waals surface area contributed by atoms with Crippen LogP contribution in [0.3, 0.4) is 0 Å². The summed E-state index contributed by atoms with van der Waals surface area (Å²) < 4.78 is 36.2. The first-order valence-corrected chi connectivity index (χ1v) is 25.6. The Balaban J connectivity index is 0.000000644. The topological polar surface area (TPSA) is 98.6 Å². The van der Waals surface area contributed by atoms with Crippen LogP contribution < -0.4 is 18.9 Å². The van der Waals surface area contributed by atoms with Crippen LogP contribution in [0.1, 0.15) is 113 Å². The van der Waals surface area contributed by atoms with Crippen molar-refractivity contribution in [2.75, 3.05) is 67.1 Å². The predicted octanol–water partition coefficient (Wildman–Crippen LogP) is 15.9. The zero-order valence-electron chi connectivity index (χ0n) is 43.4. The first-order valence-electron chi connectivity index (χ1n) is 24.0. The van der Waals surface area contributed by atoms with Crippen molar-refractivity contribution in [1.82, 2.24) is 0 Å². The van der Waals surface area contributed by atoms with Crippen LogP contribution in [0.4, 0.5) is 0 Å². The maximum Gasteiger partial charge on any atom is 0.125 e. The number of aryl methyl sites for hydroxylation is 4. The van der Waals surface area contributed by atoms with Crippen molar-refractivity contribution < 1.29 is 38.1 Å². The van der Waals surface area contributed by atoms with Gasteiger partial charge in [0.15, 0.2) is 0 Å². The molecule has 0 N–H and O–H groups in total. The minimum Gasteiger partial charge on any atom is -0.493 e. The number of halogens is 3. The molecule has 0 aromatic heterocycles. The molecule has 4 aromatic rings. The predicted molar refractivity (Wildman–Crippen MR) is 293 cm³/mol. The summed E-state index contributed by atoms with van der Waals surface area (Å²) in [5.74, 6) is 3.63. The molecule has 0 aliphatic carbocycles. The smallest absolute Gasteiger partial charge is 0.125 e. The molecule has 0 atom stereocenters. The minimum absolute atomic E-state index is 0.312. The highest BCUT2D eigenvalue weighted by molar-refractivity contribution is 9.10. The van der Waals surface area contributed by atoms with Gasteiger partial charge >= 0.3 is 0 Å². The molecule has 0 bridgehead atoms. The lowest BCUT2D eigenvalue weighted by Gasteiger charge is -2.14. The summed E-state index contributed by atoms with van der Waals surface area (Å²) >= 11 is 15.7. The number of oxime groups is 2. The van der Waals surface area contributed by atoms with Crippen molar-refractivity contribution in [2.24, 2.45) is 10.3 Å². The van der Waals surface area contributed by atoms with Gasteiger partial charge < -0.3 is 38.1 Å². The summed E-state index contributed by atoms with van der Waals surface area (Å²) in [4.78, 5) is 9.90. The first-order chi connectivity index (χ1) is 33.5. The highest BCUT2D eigenvalue weighted by Gasteiger charge is 2.12. The Morgan fingerprint density at radius 1 is 0.536 bits per heavy atom. The third-order valence-corrected chi connectivity index (χ3v) is 10.8. The number of hydrogen-bond acceptors (Lipinski definition) is 10. The summed E-state index contributed by atoms with van der Waals surface area (Å²) in [6, 6.07) is 21.3. The summed E-state index contributed by atoms with van der Waals surface area (Å²) in [7, 11) is 3.05. The normalized spacial score (nSPS) is 11.2. The quantitative estimate of drug-likeness (QED) is 0.0240. The number of benzene rings is 4. The van der Waals surface area contributed by atoms with Gasteiger partial charge in [-0.1, -0.05) is 114 Å². The van der Waals surface area contributed by atoms with Gasteiger partial charge in [-0.05, 0) is 157 Å². The van der Waals surface area contributed by atoms with Crippen molar-refractivity contribution in [3.8, 4) is 23.0 Å². The molecule has 0 amide bonds. The molecule has 4 aromatic carbocycles. The molecule has 382 valence electrons. The number of hydrogen-bond donors (Lipinski definition) is 0. The van der Waals surface area contributed by atoms with Gasteiger partial charge in [-0.2, -0.15) is 0 Å². The maximum absolute atomic E-state index is 6.27. The Bertz CT molecular complexity index is 2080. The average molecular weight is 1060 g/mol. The Morgan fingerprint density at radius 2 is 0.957 bits per heavy atom. The van der Waals surface area contributed by atoms with E-state index in [2.05, 4.69) is 40.1 Å². The summed E-state index contributed by atoms with van der Waals surface area (Å²) in [6.07, 6.45) is 13.8. The molecule has 4 rings (SSSR count). The van der Waals surface area contributed by atoms with Gasteiger partial charge in [0, 0.05) is 33.8 Å². The SMILES string of the molecule is C/C=C/COc1cc(C)c(OCCCCCOC/C(=N\OC)c2ccc(Br)cc2)c(C)c1.C/C=C/COc1cc(C)c(OCCCCCOC/C(=N\OC)c2ccc(Cl)cc2Cl)c(C)c1.CC.CC. The lowest BCUT2D eigenvalue weighted by Crippen LogP contribution is -2.12. The van der Waals surface area contributed by atoms with Gasteiger partial charge in [-0.25, -0.2) is 0 Å². The van der Waals surface area contributed by atoms with E-state index in [0.717, 1.165) is 105 Å². The van der Waals surface area contributed by atoms with Crippen molar-refractivity contribution in [3.63, 3.8) is 0 Å². The van der Waals surface area contributed by atoms with Crippen LogP contribution in [0, 0.1) is 27.7 Å². The Labute approximate surface area is 433 Å². The molecular weight excluding hydrogens is 979 g/mol. The molecule has 0 aliphatic rings. The zero-order valence-corrected chi connectivity index (χ0v) is 46.5. The minimum atomic E-state index is 0.312. The van der Waals surface area contributed by atoms with E-state index < -0.39 is 0 Å². The second-order valence-electron chi connectivity index (χ2n) is 15.0. The fourth-order valence-electron chi connectivity index (χ4n) is 6.48. The highest BCUT2D eigenvalue weighted by atomic mass is 79.9. The zero-order chi connectivity index (χ0) is 51.2. The van der Waals surface area contributed by atoms with E-state index in [4.69, 9.17) is 61.3 Å². The van der Waals surface area contributed by atoms with Crippen molar-refractivity contribution in [1.29, 1.82) is 0 Å². The summed E-state index contributed by atoms with van der Waals surface area (Å²) in [6.45, 7) is 24.7. The van der Waals surface area contributed by atoms with Crippen LogP contribution in [0.5, 0.6) is 23.0 Å². The largest absolute Gasteiger partial charge is 0.493 e. The molecule has 0 saturated carbocycles. The second kappa shape index (κ2) is 39.2. The molecule has 69 heavy (non-hydrogen) atoms. The maximum atomic E-state index is 6.27. The van der Waals surface area contributed by atoms with Crippen LogP contribution in [0.2, 0.25) is 10.0 Å². The Hall–Kier alpha value is -4.52.